The van der Waals surface area contributed by atoms with Gasteiger partial charge >= 0.3 is 0 Å². The molecule has 4 nitrogen and oxygen atoms in total. The summed E-state index contributed by atoms with van der Waals surface area (Å²) >= 11 is 0. The van der Waals surface area contributed by atoms with Crippen molar-refractivity contribution in [3.8, 4) is 11.4 Å². The minimum Gasteiger partial charge on any atom is -0.368 e. The molecule has 0 aliphatic heterocycles. The van der Waals surface area contributed by atoms with Crippen LogP contribution in [-0.2, 0) is 6.42 Å². The number of fused-ring (bicyclic) bond motifs is 3. The smallest absolute Gasteiger partial charge is 0.220 e. The van der Waals surface area contributed by atoms with E-state index >= 15 is 0 Å². The lowest BCUT2D eigenvalue weighted by atomic mass is 9.57. The third-order valence-corrected chi connectivity index (χ3v) is 6.64. The lowest BCUT2D eigenvalue weighted by Crippen LogP contribution is -2.38. The third-order valence-electron chi connectivity index (χ3n) is 6.64. The Bertz CT molecular complexity index is 750. The fourth-order valence-electron chi connectivity index (χ4n) is 5.69. The summed E-state index contributed by atoms with van der Waals surface area (Å²) in [6.07, 6.45) is 11.1. The van der Waals surface area contributed by atoms with Gasteiger partial charge in [0.25, 0.3) is 0 Å². The van der Waals surface area contributed by atoms with Gasteiger partial charge in [-0.15, -0.1) is 0 Å². The molecular weight excluding hydrogens is 296 g/mol. The minimum absolute atomic E-state index is 0.413. The Morgan fingerprint density at radius 3 is 2.58 bits per heavy atom. The first kappa shape index (κ1) is 14.4. The molecule has 2 bridgehead atoms. The summed E-state index contributed by atoms with van der Waals surface area (Å²) < 4.78 is 0. The molecule has 0 radical (unpaired) electrons. The number of nitrogens with two attached hydrogens (primary N) is 1. The summed E-state index contributed by atoms with van der Waals surface area (Å²) in [5.41, 5.74) is 10.6. The molecule has 24 heavy (non-hydrogen) atoms. The predicted molar refractivity (Wildman–Crippen MR) is 94.3 cm³/mol. The van der Waals surface area contributed by atoms with Crippen molar-refractivity contribution in [3.05, 3.63) is 35.7 Å². The van der Waals surface area contributed by atoms with Crippen molar-refractivity contribution in [2.45, 2.75) is 50.9 Å². The molecule has 0 aromatic carbocycles. The second kappa shape index (κ2) is 5.54. The van der Waals surface area contributed by atoms with E-state index < -0.39 is 0 Å². The summed E-state index contributed by atoms with van der Waals surface area (Å²) in [5, 5.41) is 0. The molecule has 4 heteroatoms. The van der Waals surface area contributed by atoms with Crippen molar-refractivity contribution < 1.29 is 0 Å². The molecule has 2 heterocycles. The third kappa shape index (κ3) is 2.15. The van der Waals surface area contributed by atoms with Crippen molar-refractivity contribution in [3.63, 3.8) is 0 Å². The molecule has 4 aliphatic carbocycles. The number of hydrogen-bond acceptors (Lipinski definition) is 4. The van der Waals surface area contributed by atoms with E-state index in [0.29, 0.717) is 11.9 Å². The molecule has 0 spiro atoms. The summed E-state index contributed by atoms with van der Waals surface area (Å²) in [5.74, 6) is 3.52. The van der Waals surface area contributed by atoms with Gasteiger partial charge in [0.15, 0.2) is 0 Å². The zero-order valence-corrected chi connectivity index (χ0v) is 14.0. The Morgan fingerprint density at radius 1 is 0.958 bits per heavy atom. The number of anilines is 1. The molecule has 3 fully saturated rings. The van der Waals surface area contributed by atoms with Gasteiger partial charge in [0.05, 0.1) is 17.1 Å². The maximum atomic E-state index is 6.14. The Kier molecular flexibility index (Phi) is 3.32. The highest BCUT2D eigenvalue weighted by molar-refractivity contribution is 5.62. The van der Waals surface area contributed by atoms with E-state index in [-0.39, 0.29) is 0 Å². The maximum absolute atomic E-state index is 6.14. The van der Waals surface area contributed by atoms with Gasteiger partial charge in [0.2, 0.25) is 5.95 Å². The van der Waals surface area contributed by atoms with E-state index in [1.165, 1.54) is 49.8 Å². The monoisotopic (exact) mass is 320 g/mol. The fourth-order valence-corrected chi connectivity index (χ4v) is 5.69. The first-order chi connectivity index (χ1) is 11.8. The molecule has 2 unspecified atom stereocenters. The Balaban J connectivity index is 1.69. The molecule has 2 aromatic heterocycles. The molecule has 6 rings (SSSR count). The average molecular weight is 320 g/mol. The highest BCUT2D eigenvalue weighted by Gasteiger charge is 2.46. The summed E-state index contributed by atoms with van der Waals surface area (Å²) in [6.45, 7) is 0. The number of hydrogen-bond donors (Lipinski definition) is 1. The van der Waals surface area contributed by atoms with Crippen LogP contribution in [-0.4, -0.2) is 15.0 Å². The summed E-state index contributed by atoms with van der Waals surface area (Å²) in [6, 6.07) is 6.01. The second-order valence-corrected chi connectivity index (χ2v) is 7.77. The predicted octanol–water partition coefficient (Wildman–Crippen LogP) is 3.98. The SMILES string of the molecule is Nc1nc(-c2ccccn2)c2c(n1)C1C3CCC(CC3)C1CCC2. The Hall–Kier alpha value is -1.97. The van der Waals surface area contributed by atoms with E-state index in [1.807, 2.05) is 24.4 Å². The van der Waals surface area contributed by atoms with Crippen LogP contribution >= 0.6 is 0 Å². The maximum Gasteiger partial charge on any atom is 0.220 e. The normalized spacial score (nSPS) is 31.2. The van der Waals surface area contributed by atoms with Gasteiger partial charge in [0, 0.05) is 17.7 Å². The van der Waals surface area contributed by atoms with E-state index in [4.69, 9.17) is 10.7 Å². The molecule has 0 saturated heterocycles. The molecule has 3 saturated carbocycles. The van der Waals surface area contributed by atoms with Crippen molar-refractivity contribution in [2.75, 3.05) is 5.73 Å². The standard InChI is InChI=1S/C20H24N4/c21-20-23-18(16-6-1-2-11-22-16)15-5-3-4-14-12-7-9-13(10-8-12)17(14)19(15)24-20/h1-2,6,11-14,17H,3-5,7-10H2,(H2,21,23,24). The van der Waals surface area contributed by atoms with Crippen LogP contribution in [0, 0.1) is 17.8 Å². The van der Waals surface area contributed by atoms with Crippen LogP contribution in [0.15, 0.2) is 24.4 Å². The topological polar surface area (TPSA) is 64.7 Å². The van der Waals surface area contributed by atoms with Crippen molar-refractivity contribution in [1.82, 2.24) is 15.0 Å². The van der Waals surface area contributed by atoms with Crippen LogP contribution in [0.25, 0.3) is 11.4 Å². The van der Waals surface area contributed by atoms with Crippen molar-refractivity contribution >= 4 is 5.95 Å². The molecule has 2 atom stereocenters. The van der Waals surface area contributed by atoms with Crippen LogP contribution in [0.4, 0.5) is 5.95 Å². The number of nitrogen functional groups attached to an aromatic ring is 1. The highest BCUT2D eigenvalue weighted by Crippen LogP contribution is 2.56. The first-order valence-electron chi connectivity index (χ1n) is 9.39. The van der Waals surface area contributed by atoms with Gasteiger partial charge in [-0.25, -0.2) is 9.97 Å². The molecule has 2 aromatic rings. The van der Waals surface area contributed by atoms with E-state index in [1.54, 1.807) is 0 Å². The van der Waals surface area contributed by atoms with Gasteiger partial charge in [-0.1, -0.05) is 6.07 Å². The lowest BCUT2D eigenvalue weighted by molar-refractivity contribution is 0.0619. The van der Waals surface area contributed by atoms with Gasteiger partial charge in [0.1, 0.15) is 0 Å². The van der Waals surface area contributed by atoms with Crippen molar-refractivity contribution in [1.29, 1.82) is 0 Å². The van der Waals surface area contributed by atoms with E-state index in [0.717, 1.165) is 35.6 Å². The fraction of sp³-hybridized carbons (Fsp3) is 0.550. The van der Waals surface area contributed by atoms with Gasteiger partial charge in [-0.2, -0.15) is 0 Å². The lowest BCUT2D eigenvalue weighted by Gasteiger charge is -2.48. The molecule has 0 amide bonds. The van der Waals surface area contributed by atoms with E-state index in [9.17, 15) is 0 Å². The van der Waals surface area contributed by atoms with Gasteiger partial charge < -0.3 is 5.73 Å². The van der Waals surface area contributed by atoms with Crippen molar-refractivity contribution in [2.24, 2.45) is 17.8 Å². The summed E-state index contributed by atoms with van der Waals surface area (Å²) in [4.78, 5) is 13.9. The largest absolute Gasteiger partial charge is 0.368 e. The number of nitrogens with zero attached hydrogens (tertiary/aromatic N) is 3. The Morgan fingerprint density at radius 2 is 1.79 bits per heavy atom. The first-order valence-corrected chi connectivity index (χ1v) is 9.39. The second-order valence-electron chi connectivity index (χ2n) is 7.77. The van der Waals surface area contributed by atoms with Crippen LogP contribution in [0.1, 0.15) is 55.7 Å². The highest BCUT2D eigenvalue weighted by atomic mass is 15.0. The van der Waals surface area contributed by atoms with E-state index in [2.05, 4.69) is 9.97 Å². The quantitative estimate of drug-likeness (QED) is 0.863. The van der Waals surface area contributed by atoms with Gasteiger partial charge in [-0.3, -0.25) is 4.98 Å². The Labute approximate surface area is 142 Å². The summed E-state index contributed by atoms with van der Waals surface area (Å²) in [7, 11) is 0. The van der Waals surface area contributed by atoms with Crippen LogP contribution in [0.2, 0.25) is 0 Å². The average Bonchev–Trinajstić information content (AvgIpc) is 2.84. The van der Waals surface area contributed by atoms with Crippen LogP contribution in [0.5, 0.6) is 0 Å². The number of aromatic nitrogens is 3. The molecule has 4 aliphatic rings. The molecule has 2 N–H and O–H groups in total. The van der Waals surface area contributed by atoms with Gasteiger partial charge in [-0.05, 0) is 74.8 Å². The molecule has 124 valence electrons. The van der Waals surface area contributed by atoms with Crippen LogP contribution in [0.3, 0.4) is 0 Å². The zero-order valence-electron chi connectivity index (χ0n) is 14.0. The minimum atomic E-state index is 0.413. The molecular formula is C20H24N4. The number of pyridine rings is 1. The van der Waals surface area contributed by atoms with Crippen LogP contribution < -0.4 is 5.73 Å². The number of rotatable bonds is 1. The zero-order chi connectivity index (χ0) is 16.1.